The number of nitrogen functional groups attached to an aromatic ring is 1. The maximum absolute atomic E-state index is 11.6. The third-order valence-electron chi connectivity index (χ3n) is 3.15. The molecule has 1 aromatic heterocycles. The van der Waals surface area contributed by atoms with Gasteiger partial charge in [0.15, 0.2) is 5.13 Å². The number of thiazole rings is 1. The molecule has 1 atom stereocenters. The number of aromatic nitrogens is 1. The summed E-state index contributed by atoms with van der Waals surface area (Å²) in [6.07, 6.45) is 3.73. The van der Waals surface area contributed by atoms with E-state index in [-0.39, 0.29) is 11.8 Å². The lowest BCUT2D eigenvalue weighted by Gasteiger charge is -2.23. The standard InChI is InChI=1S/C10H18N4O2S2/c1-12-18(15,16)7-8-3-2-4-14(8)6-9-5-13-10(11)17-9/h5,8,12H,2-4,6-7H2,1H3,(H2,11,13). The first-order chi connectivity index (χ1) is 8.50. The molecule has 0 amide bonds. The zero-order valence-electron chi connectivity index (χ0n) is 10.3. The summed E-state index contributed by atoms with van der Waals surface area (Å²) in [5.41, 5.74) is 5.59. The summed E-state index contributed by atoms with van der Waals surface area (Å²) >= 11 is 1.46. The molecule has 102 valence electrons. The second-order valence-electron chi connectivity index (χ2n) is 4.42. The Kier molecular flexibility index (Phi) is 4.21. The van der Waals surface area contributed by atoms with Crippen LogP contribution in [-0.4, -0.2) is 43.7 Å². The SMILES string of the molecule is CNS(=O)(=O)CC1CCCN1Cc1cnc(N)s1. The van der Waals surface area contributed by atoms with E-state index in [0.717, 1.165) is 30.8 Å². The lowest BCUT2D eigenvalue weighted by Crippen LogP contribution is -2.37. The molecule has 2 heterocycles. The molecule has 1 fully saturated rings. The van der Waals surface area contributed by atoms with Crippen LogP contribution in [0.4, 0.5) is 5.13 Å². The van der Waals surface area contributed by atoms with Gasteiger partial charge in [0, 0.05) is 23.7 Å². The van der Waals surface area contributed by atoms with Crippen LogP contribution in [-0.2, 0) is 16.6 Å². The number of rotatable bonds is 5. The van der Waals surface area contributed by atoms with Crippen molar-refractivity contribution in [1.82, 2.24) is 14.6 Å². The fourth-order valence-electron chi connectivity index (χ4n) is 2.22. The third-order valence-corrected chi connectivity index (χ3v) is 5.41. The summed E-state index contributed by atoms with van der Waals surface area (Å²) in [6.45, 7) is 1.67. The van der Waals surface area contributed by atoms with E-state index >= 15 is 0 Å². The van der Waals surface area contributed by atoms with Gasteiger partial charge < -0.3 is 5.73 Å². The Bertz CT molecular complexity index is 500. The highest BCUT2D eigenvalue weighted by molar-refractivity contribution is 7.89. The van der Waals surface area contributed by atoms with Crippen LogP contribution in [0.15, 0.2) is 6.20 Å². The minimum atomic E-state index is -3.15. The Hall–Kier alpha value is -0.700. The van der Waals surface area contributed by atoms with Gasteiger partial charge in [0.25, 0.3) is 0 Å². The van der Waals surface area contributed by atoms with Gasteiger partial charge in [-0.15, -0.1) is 11.3 Å². The largest absolute Gasteiger partial charge is 0.375 e. The number of nitrogens with two attached hydrogens (primary N) is 1. The van der Waals surface area contributed by atoms with Crippen molar-refractivity contribution >= 4 is 26.5 Å². The molecular formula is C10H18N4O2S2. The van der Waals surface area contributed by atoms with E-state index in [4.69, 9.17) is 5.73 Å². The lowest BCUT2D eigenvalue weighted by atomic mass is 10.2. The van der Waals surface area contributed by atoms with Gasteiger partial charge in [0.05, 0.1) is 5.75 Å². The number of hydrogen-bond donors (Lipinski definition) is 2. The van der Waals surface area contributed by atoms with Crippen LogP contribution >= 0.6 is 11.3 Å². The summed E-state index contributed by atoms with van der Waals surface area (Å²) in [5, 5.41) is 0.559. The molecule has 1 aliphatic heterocycles. The summed E-state index contributed by atoms with van der Waals surface area (Å²) in [4.78, 5) is 7.29. The minimum absolute atomic E-state index is 0.0887. The summed E-state index contributed by atoms with van der Waals surface area (Å²) < 4.78 is 25.6. The summed E-state index contributed by atoms with van der Waals surface area (Å²) in [7, 11) is -1.69. The fourth-order valence-corrected chi connectivity index (χ4v) is 3.99. The van der Waals surface area contributed by atoms with E-state index in [9.17, 15) is 8.42 Å². The third kappa shape index (κ3) is 3.41. The quantitative estimate of drug-likeness (QED) is 0.811. The normalized spacial score (nSPS) is 21.5. The van der Waals surface area contributed by atoms with Gasteiger partial charge in [-0.25, -0.2) is 18.1 Å². The number of nitrogens with zero attached hydrogens (tertiary/aromatic N) is 2. The monoisotopic (exact) mass is 290 g/mol. The van der Waals surface area contributed by atoms with E-state index < -0.39 is 10.0 Å². The van der Waals surface area contributed by atoms with Crippen molar-refractivity contribution in [3.63, 3.8) is 0 Å². The van der Waals surface area contributed by atoms with Crippen molar-refractivity contribution in [1.29, 1.82) is 0 Å². The fraction of sp³-hybridized carbons (Fsp3) is 0.700. The summed E-state index contributed by atoms with van der Waals surface area (Å²) in [6, 6.07) is 0.0887. The molecule has 6 nitrogen and oxygen atoms in total. The van der Waals surface area contributed by atoms with Crippen LogP contribution < -0.4 is 10.5 Å². The van der Waals surface area contributed by atoms with Gasteiger partial charge in [-0.3, -0.25) is 4.90 Å². The first-order valence-corrected chi connectivity index (χ1v) is 8.32. The smallest absolute Gasteiger partial charge is 0.212 e. The van der Waals surface area contributed by atoms with Gasteiger partial charge in [-0.1, -0.05) is 0 Å². The van der Waals surface area contributed by atoms with Crippen molar-refractivity contribution in [2.45, 2.75) is 25.4 Å². The molecular weight excluding hydrogens is 272 g/mol. The van der Waals surface area contributed by atoms with Crippen LogP contribution in [0, 0.1) is 0 Å². The van der Waals surface area contributed by atoms with Crippen LogP contribution in [0.1, 0.15) is 17.7 Å². The number of likely N-dealkylation sites (tertiary alicyclic amines) is 1. The molecule has 2 rings (SSSR count). The molecule has 1 unspecified atom stereocenters. The van der Waals surface area contributed by atoms with Crippen molar-refractivity contribution in [3.05, 3.63) is 11.1 Å². The second-order valence-corrected chi connectivity index (χ2v) is 7.53. The average Bonchev–Trinajstić information content (AvgIpc) is 2.89. The van der Waals surface area contributed by atoms with Gasteiger partial charge in [-0.05, 0) is 26.4 Å². The number of sulfonamides is 1. The summed E-state index contributed by atoms with van der Waals surface area (Å²) in [5.74, 6) is 0.164. The lowest BCUT2D eigenvalue weighted by molar-refractivity contribution is 0.263. The van der Waals surface area contributed by atoms with Crippen LogP contribution in [0.5, 0.6) is 0 Å². The molecule has 1 aromatic rings. The zero-order valence-corrected chi connectivity index (χ0v) is 11.9. The predicted molar refractivity (Wildman–Crippen MR) is 72.8 cm³/mol. The van der Waals surface area contributed by atoms with E-state index in [1.807, 2.05) is 0 Å². The van der Waals surface area contributed by atoms with Crippen molar-refractivity contribution in [2.24, 2.45) is 0 Å². The Morgan fingerprint density at radius 2 is 2.44 bits per heavy atom. The maximum Gasteiger partial charge on any atom is 0.212 e. The van der Waals surface area contributed by atoms with E-state index in [1.54, 1.807) is 6.20 Å². The first-order valence-electron chi connectivity index (χ1n) is 5.85. The number of anilines is 1. The Morgan fingerprint density at radius 1 is 1.67 bits per heavy atom. The molecule has 0 radical (unpaired) electrons. The average molecular weight is 290 g/mol. The molecule has 1 aliphatic rings. The van der Waals surface area contributed by atoms with Gasteiger partial charge in [0.1, 0.15) is 0 Å². The highest BCUT2D eigenvalue weighted by Gasteiger charge is 2.28. The molecule has 0 bridgehead atoms. The highest BCUT2D eigenvalue weighted by Crippen LogP contribution is 2.24. The second kappa shape index (κ2) is 5.52. The zero-order chi connectivity index (χ0) is 13.2. The van der Waals surface area contributed by atoms with Gasteiger partial charge >= 0.3 is 0 Å². The van der Waals surface area contributed by atoms with E-state index in [2.05, 4.69) is 14.6 Å². The molecule has 8 heteroatoms. The van der Waals surface area contributed by atoms with Gasteiger partial charge in [0.2, 0.25) is 10.0 Å². The van der Waals surface area contributed by atoms with Crippen LogP contribution in [0.25, 0.3) is 0 Å². The van der Waals surface area contributed by atoms with Crippen LogP contribution in [0.2, 0.25) is 0 Å². The molecule has 1 saturated heterocycles. The minimum Gasteiger partial charge on any atom is -0.375 e. The maximum atomic E-state index is 11.6. The predicted octanol–water partition coefficient (Wildman–Crippen LogP) is 0.239. The Morgan fingerprint density at radius 3 is 3.06 bits per heavy atom. The molecule has 0 saturated carbocycles. The van der Waals surface area contributed by atoms with Crippen molar-refractivity contribution in [2.75, 3.05) is 25.1 Å². The topological polar surface area (TPSA) is 88.3 Å². The van der Waals surface area contributed by atoms with Gasteiger partial charge in [-0.2, -0.15) is 0 Å². The number of hydrogen-bond acceptors (Lipinski definition) is 6. The molecule has 3 N–H and O–H groups in total. The molecule has 0 aromatic carbocycles. The molecule has 0 aliphatic carbocycles. The molecule has 0 spiro atoms. The van der Waals surface area contributed by atoms with Crippen molar-refractivity contribution in [3.8, 4) is 0 Å². The number of nitrogens with one attached hydrogen (secondary N) is 1. The first kappa shape index (κ1) is 13.7. The van der Waals surface area contributed by atoms with Crippen molar-refractivity contribution < 1.29 is 8.42 Å². The van der Waals surface area contributed by atoms with Crippen LogP contribution in [0.3, 0.4) is 0 Å². The molecule has 18 heavy (non-hydrogen) atoms. The van der Waals surface area contributed by atoms with E-state index in [1.165, 1.54) is 18.4 Å². The highest BCUT2D eigenvalue weighted by atomic mass is 32.2. The van der Waals surface area contributed by atoms with E-state index in [0.29, 0.717) is 5.13 Å². The Balaban J connectivity index is 1.99. The Labute approximate surface area is 111 Å².